The third-order valence-corrected chi connectivity index (χ3v) is 6.64. The molecule has 1 saturated heterocycles. The lowest BCUT2D eigenvalue weighted by Gasteiger charge is -2.42. The summed E-state index contributed by atoms with van der Waals surface area (Å²) in [7, 11) is 1.68. The van der Waals surface area contributed by atoms with E-state index in [0.29, 0.717) is 49.8 Å². The highest BCUT2D eigenvalue weighted by Gasteiger charge is 2.38. The lowest BCUT2D eigenvalue weighted by atomic mass is 9.96. The third kappa shape index (κ3) is 5.32. The number of likely N-dealkylation sites (N-methyl/N-ethyl adjacent to an activating group) is 1. The molecule has 2 aliphatic rings. The molecule has 0 aromatic carbocycles. The summed E-state index contributed by atoms with van der Waals surface area (Å²) >= 11 is 1.52. The Morgan fingerprint density at radius 1 is 1.31 bits per heavy atom. The van der Waals surface area contributed by atoms with Crippen molar-refractivity contribution in [1.82, 2.24) is 20.0 Å². The van der Waals surface area contributed by atoms with Crippen LogP contribution in [0, 0.1) is 5.92 Å². The van der Waals surface area contributed by atoms with E-state index in [9.17, 15) is 14.4 Å². The van der Waals surface area contributed by atoms with Gasteiger partial charge in [0.2, 0.25) is 5.91 Å². The zero-order chi connectivity index (χ0) is 23.4. The zero-order valence-electron chi connectivity index (χ0n) is 19.6. The Morgan fingerprint density at radius 3 is 2.66 bits per heavy atom. The summed E-state index contributed by atoms with van der Waals surface area (Å²) in [6.45, 7) is 10.6. The minimum Gasteiger partial charge on any atom is -0.463 e. The number of hydrogen-bond acceptors (Lipinski definition) is 6. The molecule has 1 aromatic rings. The first-order valence-electron chi connectivity index (χ1n) is 11.2. The molecule has 3 heterocycles. The van der Waals surface area contributed by atoms with Gasteiger partial charge in [0.15, 0.2) is 0 Å². The molecule has 0 saturated carbocycles. The average molecular weight is 463 g/mol. The van der Waals surface area contributed by atoms with Crippen LogP contribution in [0.25, 0.3) is 0 Å². The van der Waals surface area contributed by atoms with Gasteiger partial charge in [-0.2, -0.15) is 11.3 Å². The Bertz CT molecular complexity index is 867. The number of rotatable bonds is 7. The lowest BCUT2D eigenvalue weighted by Crippen LogP contribution is -2.56. The summed E-state index contributed by atoms with van der Waals surface area (Å²) < 4.78 is 5.38. The number of carbonyl (C=O) groups is 3. The van der Waals surface area contributed by atoms with Gasteiger partial charge in [-0.25, -0.2) is 9.59 Å². The van der Waals surface area contributed by atoms with Gasteiger partial charge in [-0.3, -0.25) is 14.6 Å². The van der Waals surface area contributed by atoms with Gasteiger partial charge in [0.25, 0.3) is 0 Å². The maximum Gasteiger partial charge on any atom is 0.338 e. The van der Waals surface area contributed by atoms with E-state index in [-0.39, 0.29) is 24.6 Å². The Balaban J connectivity index is 1.85. The van der Waals surface area contributed by atoms with Crippen molar-refractivity contribution >= 4 is 29.2 Å². The second-order valence-corrected chi connectivity index (χ2v) is 9.63. The Hall–Kier alpha value is -2.39. The van der Waals surface area contributed by atoms with Gasteiger partial charge >= 0.3 is 12.0 Å². The molecule has 176 valence electrons. The smallest absolute Gasteiger partial charge is 0.338 e. The summed E-state index contributed by atoms with van der Waals surface area (Å²) in [5.74, 6) is 0.100. The molecule has 0 radical (unpaired) electrons. The first-order valence-corrected chi connectivity index (χ1v) is 12.1. The molecule has 9 heteroatoms. The molecule has 32 heavy (non-hydrogen) atoms. The van der Waals surface area contributed by atoms with E-state index in [1.54, 1.807) is 14.0 Å². The molecule has 1 fully saturated rings. The molecule has 3 rings (SSSR count). The topological polar surface area (TPSA) is 82.2 Å². The van der Waals surface area contributed by atoms with Gasteiger partial charge < -0.3 is 15.0 Å². The first-order chi connectivity index (χ1) is 15.2. The number of carbonyl (C=O) groups excluding carboxylic acids is 3. The summed E-state index contributed by atoms with van der Waals surface area (Å²) in [4.78, 5) is 44.0. The highest BCUT2D eigenvalue weighted by atomic mass is 32.1. The summed E-state index contributed by atoms with van der Waals surface area (Å²) in [5.41, 5.74) is 1.99. The van der Waals surface area contributed by atoms with Crippen molar-refractivity contribution in [2.45, 2.75) is 46.2 Å². The van der Waals surface area contributed by atoms with Crippen molar-refractivity contribution in [3.63, 3.8) is 0 Å². The van der Waals surface area contributed by atoms with Gasteiger partial charge in [0.05, 0.1) is 18.2 Å². The number of hydrogen-bond donors (Lipinski definition) is 1. The molecular weight excluding hydrogens is 428 g/mol. The number of ether oxygens (including phenoxy) is 1. The molecule has 2 aliphatic heterocycles. The number of esters is 1. The van der Waals surface area contributed by atoms with Crippen LogP contribution < -0.4 is 5.32 Å². The van der Waals surface area contributed by atoms with Crippen LogP contribution in [0.2, 0.25) is 0 Å². The highest BCUT2D eigenvalue weighted by Crippen LogP contribution is 2.32. The highest BCUT2D eigenvalue weighted by molar-refractivity contribution is 7.08. The van der Waals surface area contributed by atoms with Crippen molar-refractivity contribution in [2.75, 3.05) is 39.8 Å². The number of nitrogens with one attached hydrogen (secondary N) is 1. The van der Waals surface area contributed by atoms with Crippen molar-refractivity contribution in [2.24, 2.45) is 5.92 Å². The molecule has 2 unspecified atom stereocenters. The van der Waals surface area contributed by atoms with Gasteiger partial charge in [0, 0.05) is 51.4 Å². The summed E-state index contributed by atoms with van der Waals surface area (Å²) in [6, 6.07) is 1.20. The van der Waals surface area contributed by atoms with Crippen LogP contribution in [-0.2, 0) is 14.3 Å². The van der Waals surface area contributed by atoms with E-state index in [0.717, 1.165) is 5.56 Å². The Morgan fingerprint density at radius 2 is 2.06 bits per heavy atom. The minimum atomic E-state index is -0.537. The van der Waals surface area contributed by atoms with E-state index in [1.165, 1.54) is 16.2 Å². The van der Waals surface area contributed by atoms with Gasteiger partial charge in [-0.1, -0.05) is 13.8 Å². The van der Waals surface area contributed by atoms with Gasteiger partial charge in [-0.15, -0.1) is 0 Å². The molecule has 0 bridgehead atoms. The van der Waals surface area contributed by atoms with Crippen LogP contribution in [0.15, 0.2) is 28.1 Å². The van der Waals surface area contributed by atoms with Gasteiger partial charge in [0.1, 0.15) is 0 Å². The van der Waals surface area contributed by atoms with Crippen molar-refractivity contribution in [3.8, 4) is 0 Å². The molecular formula is C23H34N4O4S. The third-order valence-electron chi connectivity index (χ3n) is 5.94. The Kier molecular flexibility index (Phi) is 7.95. The van der Waals surface area contributed by atoms with Crippen LogP contribution in [0.5, 0.6) is 0 Å². The average Bonchev–Trinajstić information content (AvgIpc) is 3.25. The standard InChI is InChI=1S/C23H34N4O4S/c1-6-31-22(29)20-18(25(5)23(30)24-21(20)17-7-10-32-14-17)13-26-8-9-27(16(4)12-26)19(28)11-15(2)3/h7,10,14-16,21H,6,8-9,11-13H2,1-5H3,(H,24,30). The molecule has 1 aromatic heterocycles. The fourth-order valence-electron chi connectivity index (χ4n) is 4.31. The van der Waals surface area contributed by atoms with Crippen molar-refractivity contribution < 1.29 is 19.1 Å². The summed E-state index contributed by atoms with van der Waals surface area (Å²) in [5, 5.41) is 6.80. The number of amides is 3. The fraction of sp³-hybridized carbons (Fsp3) is 0.609. The van der Waals surface area contributed by atoms with E-state index < -0.39 is 12.0 Å². The van der Waals surface area contributed by atoms with Crippen LogP contribution in [0.3, 0.4) is 0 Å². The zero-order valence-corrected chi connectivity index (χ0v) is 20.4. The maximum absolute atomic E-state index is 13.0. The molecule has 2 atom stereocenters. The van der Waals surface area contributed by atoms with E-state index >= 15 is 0 Å². The van der Waals surface area contributed by atoms with E-state index in [4.69, 9.17) is 4.74 Å². The summed E-state index contributed by atoms with van der Waals surface area (Å²) in [6.07, 6.45) is 0.549. The molecule has 8 nitrogen and oxygen atoms in total. The molecule has 0 spiro atoms. The second kappa shape index (κ2) is 10.5. The first kappa shape index (κ1) is 24.3. The number of urea groups is 1. The Labute approximate surface area is 194 Å². The van der Waals surface area contributed by atoms with Crippen LogP contribution in [0.4, 0.5) is 4.79 Å². The van der Waals surface area contributed by atoms with Gasteiger partial charge in [-0.05, 0) is 42.2 Å². The molecule has 0 aliphatic carbocycles. The predicted octanol–water partition coefficient (Wildman–Crippen LogP) is 2.84. The normalized spacial score (nSPS) is 22.4. The number of piperazine rings is 1. The second-order valence-electron chi connectivity index (χ2n) is 8.85. The van der Waals surface area contributed by atoms with Crippen LogP contribution >= 0.6 is 11.3 Å². The SMILES string of the molecule is CCOC(=O)C1=C(CN2CCN(C(=O)CC(C)C)C(C)C2)N(C)C(=O)NC1c1ccsc1. The van der Waals surface area contributed by atoms with E-state index in [1.807, 2.05) is 21.7 Å². The lowest BCUT2D eigenvalue weighted by molar-refractivity contribution is -0.139. The predicted molar refractivity (Wildman–Crippen MR) is 124 cm³/mol. The molecule has 3 amide bonds. The van der Waals surface area contributed by atoms with Crippen molar-refractivity contribution in [3.05, 3.63) is 33.7 Å². The maximum atomic E-state index is 13.0. The number of nitrogens with zero attached hydrogens (tertiary/aromatic N) is 3. The quantitative estimate of drug-likeness (QED) is 0.630. The minimum absolute atomic E-state index is 0.0667. The van der Waals surface area contributed by atoms with Crippen molar-refractivity contribution in [1.29, 1.82) is 0 Å². The van der Waals surface area contributed by atoms with Crippen LogP contribution in [-0.4, -0.2) is 78.5 Å². The van der Waals surface area contributed by atoms with E-state index in [2.05, 4.69) is 31.0 Å². The largest absolute Gasteiger partial charge is 0.463 e. The molecule has 1 N–H and O–H groups in total. The number of thiophene rings is 1. The monoisotopic (exact) mass is 462 g/mol. The van der Waals surface area contributed by atoms with Crippen LogP contribution in [0.1, 0.15) is 45.7 Å². The fourth-order valence-corrected chi connectivity index (χ4v) is 5.00.